The van der Waals surface area contributed by atoms with Gasteiger partial charge in [-0.1, -0.05) is 32.1 Å². The van der Waals surface area contributed by atoms with Gasteiger partial charge in [-0.2, -0.15) is 10.4 Å². The first-order chi connectivity index (χ1) is 10.3. The van der Waals surface area contributed by atoms with Gasteiger partial charge in [0.2, 0.25) is 0 Å². The third-order valence-electron chi connectivity index (χ3n) is 4.59. The number of fused-ring (bicyclic) bond motifs is 1. The summed E-state index contributed by atoms with van der Waals surface area (Å²) in [7, 11) is 1.65. The molecule has 1 aliphatic carbocycles. The quantitative estimate of drug-likeness (QED) is 0.916. The van der Waals surface area contributed by atoms with Crippen molar-refractivity contribution in [3.8, 4) is 11.8 Å². The normalized spacial score (nSPS) is 17.5. The van der Waals surface area contributed by atoms with Gasteiger partial charge in [0.05, 0.1) is 30.3 Å². The number of methoxy groups -OCH3 is 1. The van der Waals surface area contributed by atoms with Crippen LogP contribution in [-0.2, 0) is 0 Å². The molecule has 0 aliphatic heterocycles. The molecule has 110 valence electrons. The Hall–Kier alpha value is -2.02. The van der Waals surface area contributed by atoms with Crippen LogP contribution in [0.2, 0.25) is 0 Å². The Morgan fingerprint density at radius 2 is 2.19 bits per heavy atom. The summed E-state index contributed by atoms with van der Waals surface area (Å²) in [6.07, 6.45) is 7.43. The summed E-state index contributed by atoms with van der Waals surface area (Å²) in [6.45, 7) is 0. The van der Waals surface area contributed by atoms with E-state index in [1.165, 1.54) is 32.1 Å². The predicted molar refractivity (Wildman–Crippen MR) is 82.2 cm³/mol. The average molecular weight is 283 g/mol. The van der Waals surface area contributed by atoms with Crippen LogP contribution in [0.15, 0.2) is 18.2 Å². The molecular formula is C17H21N3O. The van der Waals surface area contributed by atoms with Crippen LogP contribution in [0.5, 0.6) is 5.75 Å². The number of aromatic nitrogens is 2. The topological polar surface area (TPSA) is 61.7 Å². The highest BCUT2D eigenvalue weighted by Crippen LogP contribution is 2.34. The Bertz CT molecular complexity index is 650. The van der Waals surface area contributed by atoms with Crippen LogP contribution in [-0.4, -0.2) is 17.3 Å². The highest BCUT2D eigenvalue weighted by atomic mass is 16.5. The molecule has 1 aromatic carbocycles. The van der Waals surface area contributed by atoms with E-state index in [0.717, 1.165) is 28.8 Å². The van der Waals surface area contributed by atoms with Gasteiger partial charge in [-0.3, -0.25) is 5.10 Å². The Labute approximate surface area is 125 Å². The summed E-state index contributed by atoms with van der Waals surface area (Å²) in [5.74, 6) is 1.38. The van der Waals surface area contributed by atoms with Gasteiger partial charge in [0.25, 0.3) is 0 Å². The number of hydrogen-bond donors (Lipinski definition) is 1. The summed E-state index contributed by atoms with van der Waals surface area (Å²) < 4.78 is 5.22. The number of hydrogen-bond acceptors (Lipinski definition) is 3. The van der Waals surface area contributed by atoms with Crippen molar-refractivity contribution in [1.82, 2.24) is 10.2 Å². The third-order valence-corrected chi connectivity index (χ3v) is 4.59. The van der Waals surface area contributed by atoms with E-state index in [4.69, 9.17) is 4.74 Å². The standard InChI is InChI=1S/C17H21N3O/c1-21-14-7-8-15-16(10-14)19-20-17(15)13(11-18)9-12-5-3-2-4-6-12/h7-8,10,12-13H,2-6,9H2,1H3,(H,19,20). The van der Waals surface area contributed by atoms with Gasteiger partial charge in [0, 0.05) is 11.5 Å². The Kier molecular flexibility index (Phi) is 4.10. The van der Waals surface area contributed by atoms with Gasteiger partial charge in [-0.15, -0.1) is 0 Å². The van der Waals surface area contributed by atoms with Crippen molar-refractivity contribution >= 4 is 10.9 Å². The average Bonchev–Trinajstić information content (AvgIpc) is 2.96. The first kappa shape index (κ1) is 13.9. The summed E-state index contributed by atoms with van der Waals surface area (Å²) in [5.41, 5.74) is 1.83. The van der Waals surface area contributed by atoms with Crippen LogP contribution in [0.4, 0.5) is 0 Å². The van der Waals surface area contributed by atoms with Gasteiger partial charge in [0.1, 0.15) is 5.75 Å². The second-order valence-electron chi connectivity index (χ2n) is 5.94. The third kappa shape index (κ3) is 2.87. The van der Waals surface area contributed by atoms with E-state index in [-0.39, 0.29) is 5.92 Å². The van der Waals surface area contributed by atoms with Crippen LogP contribution in [0.3, 0.4) is 0 Å². The maximum absolute atomic E-state index is 9.57. The highest BCUT2D eigenvalue weighted by Gasteiger charge is 2.23. The van der Waals surface area contributed by atoms with E-state index < -0.39 is 0 Å². The maximum atomic E-state index is 9.57. The number of nitrogens with zero attached hydrogens (tertiary/aromatic N) is 2. The molecule has 1 saturated carbocycles. The van der Waals surface area contributed by atoms with Crippen molar-refractivity contribution < 1.29 is 4.74 Å². The molecule has 0 radical (unpaired) electrons. The number of nitrogens with one attached hydrogen (secondary N) is 1. The summed E-state index contributed by atoms with van der Waals surface area (Å²) >= 11 is 0. The van der Waals surface area contributed by atoms with E-state index in [1.54, 1.807) is 7.11 Å². The van der Waals surface area contributed by atoms with Gasteiger partial charge < -0.3 is 4.74 Å². The molecule has 1 aromatic heterocycles. The smallest absolute Gasteiger partial charge is 0.121 e. The maximum Gasteiger partial charge on any atom is 0.121 e. The van der Waals surface area contributed by atoms with Crippen molar-refractivity contribution in [2.24, 2.45) is 5.92 Å². The molecule has 1 heterocycles. The molecule has 4 heteroatoms. The van der Waals surface area contributed by atoms with E-state index in [9.17, 15) is 5.26 Å². The minimum atomic E-state index is -0.0912. The lowest BCUT2D eigenvalue weighted by atomic mass is 9.82. The molecule has 0 amide bonds. The van der Waals surface area contributed by atoms with Crippen molar-refractivity contribution in [2.45, 2.75) is 44.4 Å². The molecule has 4 nitrogen and oxygen atoms in total. The van der Waals surface area contributed by atoms with Gasteiger partial charge in [-0.25, -0.2) is 0 Å². The minimum Gasteiger partial charge on any atom is -0.497 e. The fourth-order valence-electron chi connectivity index (χ4n) is 3.40. The Morgan fingerprint density at radius 3 is 2.90 bits per heavy atom. The molecule has 3 rings (SSSR count). The fourth-order valence-corrected chi connectivity index (χ4v) is 3.40. The highest BCUT2D eigenvalue weighted by molar-refractivity contribution is 5.83. The largest absolute Gasteiger partial charge is 0.497 e. The molecule has 1 atom stereocenters. The van der Waals surface area contributed by atoms with Crippen molar-refractivity contribution in [1.29, 1.82) is 5.26 Å². The second kappa shape index (κ2) is 6.17. The SMILES string of the molecule is COc1ccc2c(C(C#N)CC3CCCCC3)[nH]nc2c1. The fraction of sp³-hybridized carbons (Fsp3) is 0.529. The van der Waals surface area contributed by atoms with Gasteiger partial charge in [0.15, 0.2) is 0 Å². The Balaban J connectivity index is 1.85. The van der Waals surface area contributed by atoms with Crippen LogP contribution >= 0.6 is 0 Å². The van der Waals surface area contributed by atoms with Crippen LogP contribution in [0.25, 0.3) is 10.9 Å². The van der Waals surface area contributed by atoms with Crippen LogP contribution in [0, 0.1) is 17.2 Å². The molecule has 1 unspecified atom stereocenters. The summed E-state index contributed by atoms with van der Waals surface area (Å²) in [6, 6.07) is 8.30. The summed E-state index contributed by atoms with van der Waals surface area (Å²) in [4.78, 5) is 0. The van der Waals surface area contributed by atoms with Gasteiger partial charge in [-0.05, 0) is 24.5 Å². The Morgan fingerprint density at radius 1 is 1.38 bits per heavy atom. The molecule has 2 aromatic rings. The van der Waals surface area contributed by atoms with Crippen LogP contribution < -0.4 is 4.74 Å². The second-order valence-corrected chi connectivity index (χ2v) is 5.94. The first-order valence-electron chi connectivity index (χ1n) is 7.73. The zero-order valence-corrected chi connectivity index (χ0v) is 12.4. The molecular weight excluding hydrogens is 262 g/mol. The molecule has 1 N–H and O–H groups in total. The monoisotopic (exact) mass is 283 g/mol. The van der Waals surface area contributed by atoms with E-state index in [1.807, 2.05) is 18.2 Å². The molecule has 0 spiro atoms. The number of ether oxygens (including phenoxy) is 1. The number of nitriles is 1. The number of rotatable bonds is 4. The number of aromatic amines is 1. The van der Waals surface area contributed by atoms with Crippen molar-refractivity contribution in [2.75, 3.05) is 7.11 Å². The number of H-pyrrole nitrogens is 1. The van der Waals surface area contributed by atoms with E-state index >= 15 is 0 Å². The number of benzene rings is 1. The lowest BCUT2D eigenvalue weighted by Crippen LogP contribution is -2.11. The summed E-state index contributed by atoms with van der Waals surface area (Å²) in [5, 5.41) is 18.0. The van der Waals surface area contributed by atoms with Gasteiger partial charge >= 0.3 is 0 Å². The lowest BCUT2D eigenvalue weighted by Gasteiger charge is -2.23. The molecule has 1 aliphatic rings. The molecule has 0 bridgehead atoms. The lowest BCUT2D eigenvalue weighted by molar-refractivity contribution is 0.330. The van der Waals surface area contributed by atoms with E-state index in [2.05, 4.69) is 16.3 Å². The van der Waals surface area contributed by atoms with Crippen LogP contribution in [0.1, 0.15) is 50.1 Å². The van der Waals surface area contributed by atoms with E-state index in [0.29, 0.717) is 5.92 Å². The zero-order chi connectivity index (χ0) is 14.7. The first-order valence-corrected chi connectivity index (χ1v) is 7.73. The molecule has 0 saturated heterocycles. The minimum absolute atomic E-state index is 0.0912. The molecule has 21 heavy (non-hydrogen) atoms. The zero-order valence-electron chi connectivity index (χ0n) is 12.4. The van der Waals surface area contributed by atoms with Crippen molar-refractivity contribution in [3.05, 3.63) is 23.9 Å². The van der Waals surface area contributed by atoms with Crippen molar-refractivity contribution in [3.63, 3.8) is 0 Å². The molecule has 1 fully saturated rings. The predicted octanol–water partition coefficient (Wildman–Crippen LogP) is 4.15.